The predicted octanol–water partition coefficient (Wildman–Crippen LogP) is 2.63. The molecule has 24 heavy (non-hydrogen) atoms. The van der Waals surface area contributed by atoms with E-state index in [2.05, 4.69) is 10.3 Å². The maximum absolute atomic E-state index is 13.6. The Labute approximate surface area is 140 Å². The van der Waals surface area contributed by atoms with Gasteiger partial charge in [0.2, 0.25) is 0 Å². The molecule has 0 aliphatic rings. The molecule has 0 bridgehead atoms. The third kappa shape index (κ3) is 4.16. The highest BCUT2D eigenvalue weighted by Crippen LogP contribution is 2.07. The molecule has 0 saturated heterocycles. The molecule has 1 N–H and O–H groups in total. The van der Waals surface area contributed by atoms with E-state index in [1.807, 2.05) is 13.8 Å². The largest absolute Gasteiger partial charge is 0.347 e. The summed E-state index contributed by atoms with van der Waals surface area (Å²) >= 11 is 0. The van der Waals surface area contributed by atoms with Crippen molar-refractivity contribution in [3.8, 4) is 0 Å². The SMILES string of the molecule is CCN(CC)C(=O)c1cccc(C(=O)NCc2ccccc2F)n1. The smallest absolute Gasteiger partial charge is 0.272 e. The molecule has 126 valence electrons. The van der Waals surface area contributed by atoms with Gasteiger partial charge in [-0.1, -0.05) is 24.3 Å². The van der Waals surface area contributed by atoms with Crippen LogP contribution in [0.1, 0.15) is 40.4 Å². The van der Waals surface area contributed by atoms with Crippen LogP contribution in [0.2, 0.25) is 0 Å². The number of hydrogen-bond donors (Lipinski definition) is 1. The van der Waals surface area contributed by atoms with Crippen LogP contribution in [0.25, 0.3) is 0 Å². The third-order valence-corrected chi connectivity index (χ3v) is 3.65. The summed E-state index contributed by atoms with van der Waals surface area (Å²) in [5.74, 6) is -1.05. The number of hydrogen-bond acceptors (Lipinski definition) is 3. The summed E-state index contributed by atoms with van der Waals surface area (Å²) in [5, 5.41) is 2.61. The molecule has 0 spiro atoms. The lowest BCUT2D eigenvalue weighted by Crippen LogP contribution is -2.32. The Morgan fingerprint density at radius 3 is 2.38 bits per heavy atom. The third-order valence-electron chi connectivity index (χ3n) is 3.65. The van der Waals surface area contributed by atoms with Gasteiger partial charge in [0, 0.05) is 25.2 Å². The highest BCUT2D eigenvalue weighted by Gasteiger charge is 2.16. The summed E-state index contributed by atoms with van der Waals surface area (Å²) < 4.78 is 13.6. The minimum absolute atomic E-state index is 0.0570. The van der Waals surface area contributed by atoms with Crippen molar-refractivity contribution in [3.63, 3.8) is 0 Å². The van der Waals surface area contributed by atoms with E-state index in [0.717, 1.165) is 0 Å². The lowest BCUT2D eigenvalue weighted by atomic mass is 10.2. The number of benzene rings is 1. The Kier molecular flexibility index (Phi) is 6.01. The van der Waals surface area contributed by atoms with Gasteiger partial charge in [0.05, 0.1) is 0 Å². The Bertz CT molecular complexity index is 730. The van der Waals surface area contributed by atoms with E-state index >= 15 is 0 Å². The van der Waals surface area contributed by atoms with Crippen molar-refractivity contribution < 1.29 is 14.0 Å². The van der Waals surface area contributed by atoms with Gasteiger partial charge in [0.25, 0.3) is 11.8 Å². The van der Waals surface area contributed by atoms with Crippen LogP contribution in [0, 0.1) is 5.82 Å². The van der Waals surface area contributed by atoms with Crippen molar-refractivity contribution in [2.24, 2.45) is 0 Å². The molecular formula is C18H20FN3O2. The number of nitrogens with zero attached hydrogens (tertiary/aromatic N) is 2. The van der Waals surface area contributed by atoms with Crippen LogP contribution in [0.15, 0.2) is 42.5 Å². The van der Waals surface area contributed by atoms with Crippen molar-refractivity contribution >= 4 is 11.8 Å². The molecule has 2 amide bonds. The monoisotopic (exact) mass is 329 g/mol. The van der Waals surface area contributed by atoms with Gasteiger partial charge in [-0.2, -0.15) is 0 Å². The number of carbonyl (C=O) groups is 2. The lowest BCUT2D eigenvalue weighted by Gasteiger charge is -2.18. The molecule has 1 aromatic carbocycles. The van der Waals surface area contributed by atoms with Crippen molar-refractivity contribution in [1.29, 1.82) is 0 Å². The molecule has 2 rings (SSSR count). The standard InChI is InChI=1S/C18H20FN3O2/c1-3-22(4-2)18(24)16-11-7-10-15(21-16)17(23)20-12-13-8-5-6-9-14(13)19/h5-11H,3-4,12H2,1-2H3,(H,20,23). The van der Waals surface area contributed by atoms with Gasteiger partial charge >= 0.3 is 0 Å². The van der Waals surface area contributed by atoms with E-state index in [0.29, 0.717) is 18.7 Å². The van der Waals surface area contributed by atoms with Crippen LogP contribution in [-0.4, -0.2) is 34.8 Å². The zero-order valence-corrected chi connectivity index (χ0v) is 13.8. The van der Waals surface area contributed by atoms with Crippen molar-refractivity contribution in [2.75, 3.05) is 13.1 Å². The van der Waals surface area contributed by atoms with Gasteiger partial charge < -0.3 is 10.2 Å². The van der Waals surface area contributed by atoms with Crippen LogP contribution in [0.3, 0.4) is 0 Å². The fourth-order valence-electron chi connectivity index (χ4n) is 2.26. The number of nitrogens with one attached hydrogen (secondary N) is 1. The number of amides is 2. The number of rotatable bonds is 6. The van der Waals surface area contributed by atoms with Crippen LogP contribution < -0.4 is 5.32 Å². The number of aromatic nitrogens is 1. The highest BCUT2D eigenvalue weighted by molar-refractivity contribution is 5.96. The molecule has 1 heterocycles. The maximum Gasteiger partial charge on any atom is 0.272 e. The van der Waals surface area contributed by atoms with Gasteiger partial charge in [-0.05, 0) is 32.0 Å². The lowest BCUT2D eigenvalue weighted by molar-refractivity contribution is 0.0767. The van der Waals surface area contributed by atoms with Crippen molar-refractivity contribution in [3.05, 3.63) is 65.2 Å². The van der Waals surface area contributed by atoms with Gasteiger partial charge in [-0.15, -0.1) is 0 Å². The van der Waals surface area contributed by atoms with E-state index in [1.165, 1.54) is 12.1 Å². The van der Waals surface area contributed by atoms with E-state index in [1.54, 1.807) is 35.2 Å². The molecular weight excluding hydrogens is 309 g/mol. The Morgan fingerprint density at radius 1 is 1.04 bits per heavy atom. The van der Waals surface area contributed by atoms with Crippen LogP contribution in [-0.2, 0) is 6.54 Å². The fourth-order valence-corrected chi connectivity index (χ4v) is 2.26. The first kappa shape index (κ1) is 17.6. The number of carbonyl (C=O) groups excluding carboxylic acids is 2. The molecule has 5 nitrogen and oxygen atoms in total. The number of halogens is 1. The van der Waals surface area contributed by atoms with Crippen LogP contribution in [0.4, 0.5) is 4.39 Å². The van der Waals surface area contributed by atoms with Gasteiger partial charge in [0.1, 0.15) is 17.2 Å². The highest BCUT2D eigenvalue weighted by atomic mass is 19.1. The minimum atomic E-state index is -0.451. The summed E-state index contributed by atoms with van der Waals surface area (Å²) in [4.78, 5) is 30.2. The molecule has 2 aromatic rings. The Balaban J connectivity index is 2.09. The quantitative estimate of drug-likeness (QED) is 0.886. The summed E-state index contributed by atoms with van der Waals surface area (Å²) in [5.41, 5.74) is 0.739. The molecule has 0 radical (unpaired) electrons. The Hall–Kier alpha value is -2.76. The van der Waals surface area contributed by atoms with E-state index in [9.17, 15) is 14.0 Å². The summed E-state index contributed by atoms with van der Waals surface area (Å²) in [6, 6.07) is 10.9. The first-order valence-corrected chi connectivity index (χ1v) is 7.84. The van der Waals surface area contributed by atoms with Crippen molar-refractivity contribution in [2.45, 2.75) is 20.4 Å². The predicted molar refractivity (Wildman–Crippen MR) is 89.1 cm³/mol. The summed E-state index contributed by atoms with van der Waals surface area (Å²) in [6.45, 7) is 4.96. The normalized spacial score (nSPS) is 10.3. The molecule has 0 unspecified atom stereocenters. The molecule has 0 atom stereocenters. The Morgan fingerprint density at radius 2 is 1.71 bits per heavy atom. The molecule has 0 fully saturated rings. The topological polar surface area (TPSA) is 62.3 Å². The average molecular weight is 329 g/mol. The number of pyridine rings is 1. The summed E-state index contributed by atoms with van der Waals surface area (Å²) in [7, 11) is 0. The zero-order valence-electron chi connectivity index (χ0n) is 13.8. The van der Waals surface area contributed by atoms with Crippen LogP contribution in [0.5, 0.6) is 0 Å². The van der Waals surface area contributed by atoms with E-state index < -0.39 is 5.91 Å². The zero-order chi connectivity index (χ0) is 17.5. The molecule has 0 saturated carbocycles. The molecule has 1 aromatic heterocycles. The van der Waals surface area contributed by atoms with Gasteiger partial charge in [0.15, 0.2) is 0 Å². The average Bonchev–Trinajstić information content (AvgIpc) is 2.62. The molecule has 0 aliphatic heterocycles. The van der Waals surface area contributed by atoms with E-state index in [-0.39, 0.29) is 29.7 Å². The second kappa shape index (κ2) is 8.19. The molecule has 6 heteroatoms. The van der Waals surface area contributed by atoms with Crippen LogP contribution >= 0.6 is 0 Å². The fraction of sp³-hybridized carbons (Fsp3) is 0.278. The summed E-state index contributed by atoms with van der Waals surface area (Å²) in [6.07, 6.45) is 0. The van der Waals surface area contributed by atoms with Gasteiger partial charge in [-0.25, -0.2) is 9.37 Å². The van der Waals surface area contributed by atoms with E-state index in [4.69, 9.17) is 0 Å². The second-order valence-corrected chi connectivity index (χ2v) is 5.16. The second-order valence-electron chi connectivity index (χ2n) is 5.16. The molecule has 0 aliphatic carbocycles. The van der Waals surface area contributed by atoms with Gasteiger partial charge in [-0.3, -0.25) is 9.59 Å². The maximum atomic E-state index is 13.6. The first-order valence-electron chi connectivity index (χ1n) is 7.84. The first-order chi connectivity index (χ1) is 11.6. The van der Waals surface area contributed by atoms with Crippen molar-refractivity contribution in [1.82, 2.24) is 15.2 Å². The minimum Gasteiger partial charge on any atom is -0.347 e.